The summed E-state index contributed by atoms with van der Waals surface area (Å²) in [6.45, 7) is 2.65. The van der Waals surface area contributed by atoms with Crippen molar-refractivity contribution >= 4 is 21.4 Å². The molecule has 0 radical (unpaired) electrons. The largest absolute Gasteiger partial charge is 0.397 e. The van der Waals surface area contributed by atoms with Crippen molar-refractivity contribution in [2.75, 3.05) is 17.7 Å². The van der Waals surface area contributed by atoms with Crippen molar-refractivity contribution in [3.05, 3.63) is 18.2 Å². The van der Waals surface area contributed by atoms with Gasteiger partial charge in [-0.3, -0.25) is 0 Å². The van der Waals surface area contributed by atoms with Gasteiger partial charge in [-0.2, -0.15) is 0 Å². The van der Waals surface area contributed by atoms with Gasteiger partial charge in [0.2, 0.25) is 10.0 Å². The fraction of sp³-hybridized carbons (Fsp3) is 0.455. The molecule has 0 spiro atoms. The van der Waals surface area contributed by atoms with E-state index >= 15 is 0 Å². The summed E-state index contributed by atoms with van der Waals surface area (Å²) < 4.78 is 28.0. The average molecular weight is 271 g/mol. The highest BCUT2D eigenvalue weighted by Crippen LogP contribution is 2.26. The van der Waals surface area contributed by atoms with Gasteiger partial charge >= 0.3 is 0 Å². The Morgan fingerprint density at radius 1 is 1.44 bits per heavy atom. The van der Waals surface area contributed by atoms with Crippen molar-refractivity contribution in [2.45, 2.75) is 30.4 Å². The molecular weight excluding hydrogens is 254 g/mol. The summed E-state index contributed by atoms with van der Waals surface area (Å²) in [6.07, 6.45) is 0.933. The Labute approximate surface area is 106 Å². The first kappa shape index (κ1) is 13.1. The Kier molecular flexibility index (Phi) is 3.47. The van der Waals surface area contributed by atoms with Crippen molar-refractivity contribution in [3.63, 3.8) is 0 Å². The highest BCUT2D eigenvalue weighted by Gasteiger charge is 2.24. The normalized spacial score (nSPS) is 24.1. The zero-order valence-electron chi connectivity index (χ0n) is 10.1. The Morgan fingerprint density at radius 3 is 2.72 bits per heavy atom. The van der Waals surface area contributed by atoms with Crippen molar-refractivity contribution < 1.29 is 13.2 Å². The maximum absolute atomic E-state index is 11.3. The van der Waals surface area contributed by atoms with Crippen LogP contribution in [0.2, 0.25) is 0 Å². The Hall–Kier alpha value is -1.31. The van der Waals surface area contributed by atoms with Gasteiger partial charge in [-0.1, -0.05) is 0 Å². The molecule has 0 saturated carbocycles. The van der Waals surface area contributed by atoms with Gasteiger partial charge in [0.1, 0.15) is 0 Å². The van der Waals surface area contributed by atoms with Crippen LogP contribution in [0.4, 0.5) is 11.4 Å². The summed E-state index contributed by atoms with van der Waals surface area (Å²) in [5, 5.41) is 8.29. The van der Waals surface area contributed by atoms with Crippen LogP contribution < -0.4 is 16.2 Å². The van der Waals surface area contributed by atoms with Gasteiger partial charge in [0.05, 0.1) is 28.4 Å². The summed E-state index contributed by atoms with van der Waals surface area (Å²) in [4.78, 5) is 0.0470. The van der Waals surface area contributed by atoms with Crippen molar-refractivity contribution in [3.8, 4) is 0 Å². The number of nitrogen functional groups attached to an aromatic ring is 1. The standard InChI is InChI=1S/C11H17N3O3S/c1-7-10(4-5-17-7)14-11-6-8(18(13,15)16)2-3-9(11)12/h2-3,6-7,10,14H,4-5,12H2,1H3,(H2,13,15,16). The quantitative estimate of drug-likeness (QED) is 0.694. The average Bonchev–Trinajstić information content (AvgIpc) is 2.66. The van der Waals surface area contributed by atoms with Gasteiger partial charge in [0, 0.05) is 6.61 Å². The van der Waals surface area contributed by atoms with Crippen molar-refractivity contribution in [1.29, 1.82) is 0 Å². The van der Waals surface area contributed by atoms with Crippen LogP contribution >= 0.6 is 0 Å². The molecule has 0 aliphatic carbocycles. The Balaban J connectivity index is 2.27. The SMILES string of the molecule is CC1OCCC1Nc1cc(S(N)(=O)=O)ccc1N. The van der Waals surface area contributed by atoms with E-state index in [1.54, 1.807) is 0 Å². The molecule has 1 fully saturated rings. The molecule has 0 bridgehead atoms. The lowest BCUT2D eigenvalue weighted by Crippen LogP contribution is -2.27. The van der Waals surface area contributed by atoms with Gasteiger partial charge in [-0.15, -0.1) is 0 Å². The lowest BCUT2D eigenvalue weighted by Gasteiger charge is -2.19. The third-order valence-electron chi connectivity index (χ3n) is 3.07. The molecule has 0 amide bonds. The predicted molar refractivity (Wildman–Crippen MR) is 69.7 cm³/mol. The zero-order chi connectivity index (χ0) is 13.3. The van der Waals surface area contributed by atoms with E-state index in [1.807, 2.05) is 6.92 Å². The number of rotatable bonds is 3. The highest BCUT2D eigenvalue weighted by atomic mass is 32.2. The molecule has 6 nitrogen and oxygen atoms in total. The van der Waals surface area contributed by atoms with E-state index in [2.05, 4.69) is 5.32 Å². The van der Waals surface area contributed by atoms with Crippen LogP contribution in [0.15, 0.2) is 23.1 Å². The van der Waals surface area contributed by atoms with Crippen LogP contribution in [0.1, 0.15) is 13.3 Å². The topological polar surface area (TPSA) is 107 Å². The summed E-state index contributed by atoms with van der Waals surface area (Å²) in [5.41, 5.74) is 6.88. The maximum atomic E-state index is 11.3. The molecule has 1 aromatic rings. The first-order valence-electron chi connectivity index (χ1n) is 5.68. The van der Waals surface area contributed by atoms with Crippen LogP contribution in [0.25, 0.3) is 0 Å². The number of ether oxygens (including phenoxy) is 1. The number of nitrogens with two attached hydrogens (primary N) is 2. The van der Waals surface area contributed by atoms with Gasteiger partial charge in [-0.25, -0.2) is 13.6 Å². The molecule has 1 aliphatic heterocycles. The summed E-state index contributed by atoms with van der Waals surface area (Å²) >= 11 is 0. The molecule has 5 N–H and O–H groups in total. The molecule has 18 heavy (non-hydrogen) atoms. The number of hydrogen-bond donors (Lipinski definition) is 3. The third kappa shape index (κ3) is 2.74. The fourth-order valence-electron chi connectivity index (χ4n) is 1.96. The number of benzene rings is 1. The van der Waals surface area contributed by atoms with Gasteiger partial charge in [0.25, 0.3) is 0 Å². The van der Waals surface area contributed by atoms with E-state index in [4.69, 9.17) is 15.6 Å². The smallest absolute Gasteiger partial charge is 0.238 e. The molecule has 100 valence electrons. The van der Waals surface area contributed by atoms with Crippen LogP contribution in [-0.4, -0.2) is 27.2 Å². The molecule has 1 saturated heterocycles. The summed E-state index contributed by atoms with van der Waals surface area (Å²) in [7, 11) is -3.72. The maximum Gasteiger partial charge on any atom is 0.238 e. The predicted octanol–water partition coefficient (Wildman–Crippen LogP) is 0.505. The van der Waals surface area contributed by atoms with Gasteiger partial charge < -0.3 is 15.8 Å². The molecule has 0 aromatic heterocycles. The number of primary sulfonamides is 1. The second-order valence-corrected chi connectivity index (χ2v) is 5.97. The summed E-state index contributed by atoms with van der Waals surface area (Å²) in [5.74, 6) is 0. The van der Waals surface area contributed by atoms with Crippen molar-refractivity contribution in [1.82, 2.24) is 0 Å². The molecule has 1 aromatic carbocycles. The molecule has 2 unspecified atom stereocenters. The molecule has 2 atom stereocenters. The molecule has 2 rings (SSSR count). The van der Waals surface area contributed by atoms with Gasteiger partial charge in [0.15, 0.2) is 0 Å². The van der Waals surface area contributed by atoms with E-state index in [9.17, 15) is 8.42 Å². The monoisotopic (exact) mass is 271 g/mol. The number of sulfonamides is 1. The minimum atomic E-state index is -3.72. The van der Waals surface area contributed by atoms with Crippen LogP contribution in [0, 0.1) is 0 Å². The lowest BCUT2D eigenvalue weighted by atomic mass is 10.1. The van der Waals surface area contributed by atoms with Crippen LogP contribution in [-0.2, 0) is 14.8 Å². The van der Waals surface area contributed by atoms with E-state index in [0.29, 0.717) is 18.0 Å². The molecule has 7 heteroatoms. The molecular formula is C11H17N3O3S. The highest BCUT2D eigenvalue weighted by molar-refractivity contribution is 7.89. The lowest BCUT2D eigenvalue weighted by molar-refractivity contribution is 0.121. The Bertz CT molecular complexity index is 544. The van der Waals surface area contributed by atoms with E-state index in [-0.39, 0.29) is 17.0 Å². The van der Waals surface area contributed by atoms with Crippen LogP contribution in [0.3, 0.4) is 0 Å². The molecule has 1 aliphatic rings. The first-order chi connectivity index (χ1) is 8.38. The van der Waals surface area contributed by atoms with Crippen molar-refractivity contribution in [2.24, 2.45) is 5.14 Å². The minimum Gasteiger partial charge on any atom is -0.397 e. The molecule has 1 heterocycles. The Morgan fingerprint density at radius 2 is 2.17 bits per heavy atom. The third-order valence-corrected chi connectivity index (χ3v) is 3.98. The van der Waals surface area contributed by atoms with Crippen LogP contribution in [0.5, 0.6) is 0 Å². The second kappa shape index (κ2) is 4.75. The second-order valence-electron chi connectivity index (χ2n) is 4.41. The number of hydrogen-bond acceptors (Lipinski definition) is 5. The van der Waals surface area contributed by atoms with E-state index in [1.165, 1.54) is 18.2 Å². The van der Waals surface area contributed by atoms with Gasteiger partial charge in [-0.05, 0) is 31.5 Å². The fourth-order valence-corrected chi connectivity index (χ4v) is 2.50. The first-order valence-corrected chi connectivity index (χ1v) is 7.23. The van der Waals surface area contributed by atoms with E-state index in [0.717, 1.165) is 6.42 Å². The van der Waals surface area contributed by atoms with E-state index < -0.39 is 10.0 Å². The minimum absolute atomic E-state index is 0.0470. The summed E-state index contributed by atoms with van der Waals surface area (Å²) in [6, 6.07) is 4.51. The zero-order valence-corrected chi connectivity index (χ0v) is 10.9. The number of anilines is 2. The number of nitrogens with one attached hydrogen (secondary N) is 1.